The number of ether oxygens (including phenoxy) is 2. The van der Waals surface area contributed by atoms with Crippen LogP contribution in [0.15, 0.2) is 48.5 Å². The van der Waals surface area contributed by atoms with E-state index in [0.29, 0.717) is 29.2 Å². The van der Waals surface area contributed by atoms with E-state index in [2.05, 4.69) is 21.3 Å². The zero-order valence-corrected chi connectivity index (χ0v) is 20.5. The van der Waals surface area contributed by atoms with Crippen LogP contribution in [-0.4, -0.2) is 51.1 Å². The van der Waals surface area contributed by atoms with Crippen LogP contribution >= 0.6 is 0 Å². The van der Waals surface area contributed by atoms with Crippen LogP contribution in [0.3, 0.4) is 0 Å². The summed E-state index contributed by atoms with van der Waals surface area (Å²) in [5, 5.41) is 11.2. The number of amides is 4. The van der Waals surface area contributed by atoms with E-state index in [9.17, 15) is 19.2 Å². The zero-order chi connectivity index (χ0) is 25.9. The highest BCUT2D eigenvalue weighted by Gasteiger charge is 2.31. The fourth-order valence-corrected chi connectivity index (χ4v) is 4.08. The average molecular weight is 497 g/mol. The van der Waals surface area contributed by atoms with Crippen molar-refractivity contribution in [2.45, 2.75) is 25.7 Å². The lowest BCUT2D eigenvalue weighted by atomic mass is 9.80. The van der Waals surface area contributed by atoms with Crippen LogP contribution in [0.4, 0.5) is 22.7 Å². The Kier molecular flexibility index (Phi) is 9.96. The lowest BCUT2D eigenvalue weighted by molar-refractivity contribution is -0.125. The molecule has 0 spiro atoms. The van der Waals surface area contributed by atoms with E-state index in [0.717, 1.165) is 19.3 Å². The summed E-state index contributed by atoms with van der Waals surface area (Å²) in [7, 11) is 2.89. The van der Waals surface area contributed by atoms with E-state index < -0.39 is 0 Å². The fourth-order valence-electron chi connectivity index (χ4n) is 4.08. The van der Waals surface area contributed by atoms with Gasteiger partial charge in [-0.25, -0.2) is 0 Å². The van der Waals surface area contributed by atoms with E-state index in [4.69, 9.17) is 9.47 Å². The highest BCUT2D eigenvalue weighted by molar-refractivity contribution is 5.96. The van der Waals surface area contributed by atoms with Crippen molar-refractivity contribution < 1.29 is 28.7 Å². The number of methoxy groups -OCH3 is 2. The molecule has 192 valence electrons. The molecule has 0 aliphatic heterocycles. The number of rotatable bonds is 10. The Balaban J connectivity index is 1.49. The third-order valence-electron chi connectivity index (χ3n) is 5.84. The first-order valence-corrected chi connectivity index (χ1v) is 11.8. The van der Waals surface area contributed by atoms with E-state index in [1.54, 1.807) is 48.5 Å². The number of benzene rings is 2. The summed E-state index contributed by atoms with van der Waals surface area (Å²) in [6.45, 7) is -0.0688. The van der Waals surface area contributed by atoms with Crippen LogP contribution in [0, 0.1) is 11.8 Å². The standard InChI is InChI=1S/C26H32N4O6/c1-35-15-23(31)27-19-6-10-21(11-7-19)29-25(33)17-4-3-5-18(14-17)26(34)30-22-12-8-20(9-13-22)28-24(32)16-36-2/h6-13,17-18H,3-5,14-16H2,1-2H3,(H,27,31)(H,28,32)(H,29,33)(H,30,34). The van der Waals surface area contributed by atoms with E-state index in [1.807, 2.05) is 0 Å². The molecule has 10 nitrogen and oxygen atoms in total. The molecular weight excluding hydrogens is 464 g/mol. The van der Waals surface area contributed by atoms with E-state index in [-0.39, 0.29) is 48.7 Å². The number of carbonyl (C=O) groups excluding carboxylic acids is 4. The first-order chi connectivity index (χ1) is 17.4. The Hall–Kier alpha value is -3.76. The average Bonchev–Trinajstić information content (AvgIpc) is 2.87. The molecule has 4 N–H and O–H groups in total. The second-order valence-corrected chi connectivity index (χ2v) is 8.66. The van der Waals surface area contributed by atoms with Gasteiger partial charge in [0, 0.05) is 48.8 Å². The SMILES string of the molecule is COCC(=O)Nc1ccc(NC(=O)C2CCCC(C(=O)Nc3ccc(NC(=O)COC)cc3)C2)cc1. The first-order valence-electron chi connectivity index (χ1n) is 11.8. The van der Waals surface area contributed by atoms with Crippen molar-refractivity contribution >= 4 is 46.4 Å². The summed E-state index contributed by atoms with van der Waals surface area (Å²) in [6, 6.07) is 13.7. The van der Waals surface area contributed by atoms with E-state index >= 15 is 0 Å². The molecule has 1 aliphatic carbocycles. The summed E-state index contributed by atoms with van der Waals surface area (Å²) < 4.78 is 9.58. The Bertz CT molecular complexity index is 972. The van der Waals surface area contributed by atoms with Crippen molar-refractivity contribution in [2.75, 3.05) is 48.7 Å². The molecule has 2 aromatic rings. The van der Waals surface area contributed by atoms with Crippen molar-refractivity contribution in [1.29, 1.82) is 0 Å². The molecule has 0 radical (unpaired) electrons. The van der Waals surface area contributed by atoms with Gasteiger partial charge >= 0.3 is 0 Å². The quantitative estimate of drug-likeness (QED) is 0.399. The number of hydrogen-bond donors (Lipinski definition) is 4. The Morgan fingerprint density at radius 2 is 0.972 bits per heavy atom. The van der Waals surface area contributed by atoms with Crippen LogP contribution in [-0.2, 0) is 28.7 Å². The van der Waals surface area contributed by atoms with Gasteiger partial charge in [-0.3, -0.25) is 19.2 Å². The highest BCUT2D eigenvalue weighted by atomic mass is 16.5. The van der Waals surface area contributed by atoms with Gasteiger partial charge in [0.15, 0.2) is 0 Å². The maximum absolute atomic E-state index is 12.8. The maximum Gasteiger partial charge on any atom is 0.250 e. The predicted octanol–water partition coefficient (Wildman–Crippen LogP) is 3.24. The summed E-state index contributed by atoms with van der Waals surface area (Å²) in [5.41, 5.74) is 2.45. The third-order valence-corrected chi connectivity index (χ3v) is 5.84. The van der Waals surface area contributed by atoms with Gasteiger partial charge in [-0.2, -0.15) is 0 Å². The Labute approximate surface area is 210 Å². The number of hydrogen-bond acceptors (Lipinski definition) is 6. The van der Waals surface area contributed by atoms with Crippen LogP contribution < -0.4 is 21.3 Å². The van der Waals surface area contributed by atoms with Crippen molar-refractivity contribution in [3.63, 3.8) is 0 Å². The third kappa shape index (κ3) is 8.17. The van der Waals surface area contributed by atoms with Crippen LogP contribution in [0.25, 0.3) is 0 Å². The minimum absolute atomic E-state index is 0.0344. The van der Waals surface area contributed by atoms with Crippen molar-refractivity contribution in [3.8, 4) is 0 Å². The molecule has 36 heavy (non-hydrogen) atoms. The second kappa shape index (κ2) is 13.4. The summed E-state index contributed by atoms with van der Waals surface area (Å²) in [4.78, 5) is 48.9. The fraction of sp³-hybridized carbons (Fsp3) is 0.385. The van der Waals surface area contributed by atoms with E-state index in [1.165, 1.54) is 14.2 Å². The lowest BCUT2D eigenvalue weighted by Crippen LogP contribution is -2.33. The first kappa shape index (κ1) is 26.8. The van der Waals surface area contributed by atoms with Gasteiger partial charge in [-0.15, -0.1) is 0 Å². The minimum atomic E-state index is -0.269. The molecule has 0 bridgehead atoms. The van der Waals surface area contributed by atoms with Gasteiger partial charge in [0.1, 0.15) is 13.2 Å². The van der Waals surface area contributed by atoms with Gasteiger partial charge in [-0.1, -0.05) is 6.42 Å². The van der Waals surface area contributed by atoms with Crippen molar-refractivity contribution in [3.05, 3.63) is 48.5 Å². The molecule has 2 unspecified atom stereocenters. The van der Waals surface area contributed by atoms with Gasteiger partial charge < -0.3 is 30.7 Å². The molecule has 0 saturated heterocycles. The largest absolute Gasteiger partial charge is 0.375 e. The molecule has 0 aromatic heterocycles. The molecule has 0 heterocycles. The van der Waals surface area contributed by atoms with Crippen LogP contribution in [0.5, 0.6) is 0 Å². The van der Waals surface area contributed by atoms with Gasteiger partial charge in [0.2, 0.25) is 23.6 Å². The van der Waals surface area contributed by atoms with Crippen LogP contribution in [0.2, 0.25) is 0 Å². The molecule has 2 aromatic carbocycles. The molecule has 10 heteroatoms. The zero-order valence-electron chi connectivity index (χ0n) is 20.5. The summed E-state index contributed by atoms with van der Waals surface area (Å²) in [6.07, 6.45) is 2.69. The Morgan fingerprint density at radius 3 is 1.31 bits per heavy atom. The smallest absolute Gasteiger partial charge is 0.250 e. The second-order valence-electron chi connectivity index (χ2n) is 8.66. The normalized spacial score (nSPS) is 17.1. The monoisotopic (exact) mass is 496 g/mol. The molecule has 1 aliphatic rings. The van der Waals surface area contributed by atoms with Gasteiger partial charge in [0.05, 0.1) is 0 Å². The minimum Gasteiger partial charge on any atom is -0.375 e. The molecule has 2 atom stereocenters. The molecule has 3 rings (SSSR count). The number of anilines is 4. The van der Waals surface area contributed by atoms with Gasteiger partial charge in [-0.05, 0) is 67.8 Å². The number of carbonyl (C=O) groups is 4. The Morgan fingerprint density at radius 1 is 0.639 bits per heavy atom. The predicted molar refractivity (Wildman–Crippen MR) is 137 cm³/mol. The highest BCUT2D eigenvalue weighted by Crippen LogP contribution is 2.31. The summed E-state index contributed by atoms with van der Waals surface area (Å²) in [5.74, 6) is -1.31. The molecule has 1 saturated carbocycles. The van der Waals surface area contributed by atoms with Crippen molar-refractivity contribution in [1.82, 2.24) is 0 Å². The topological polar surface area (TPSA) is 135 Å². The summed E-state index contributed by atoms with van der Waals surface area (Å²) >= 11 is 0. The number of nitrogens with one attached hydrogen (secondary N) is 4. The lowest BCUT2D eigenvalue weighted by Gasteiger charge is -2.27. The molecular formula is C26H32N4O6. The van der Waals surface area contributed by atoms with Crippen LogP contribution in [0.1, 0.15) is 25.7 Å². The van der Waals surface area contributed by atoms with Crippen molar-refractivity contribution in [2.24, 2.45) is 11.8 Å². The molecule has 1 fully saturated rings. The molecule has 4 amide bonds. The maximum atomic E-state index is 12.8. The van der Waals surface area contributed by atoms with Gasteiger partial charge in [0.25, 0.3) is 0 Å².